The number of rotatable bonds is 5. The summed E-state index contributed by atoms with van der Waals surface area (Å²) in [7, 11) is 0. The first-order chi connectivity index (χ1) is 12.5. The van der Waals surface area contributed by atoms with Crippen molar-refractivity contribution in [3.05, 3.63) is 18.2 Å². The lowest BCUT2D eigenvalue weighted by molar-refractivity contribution is -0.149. The molecule has 1 aromatic carbocycles. The number of nitrogens with zero attached hydrogens (tertiary/aromatic N) is 1. The number of urea groups is 1. The zero-order valence-corrected chi connectivity index (χ0v) is 15.1. The first kappa shape index (κ1) is 18.3. The lowest BCUT2D eigenvalue weighted by atomic mass is 10.1. The Morgan fingerprint density at radius 2 is 2.04 bits per heavy atom. The number of anilines is 1. The number of morpholine rings is 1. The second-order valence-corrected chi connectivity index (χ2v) is 6.82. The van der Waals surface area contributed by atoms with E-state index in [1.807, 2.05) is 0 Å². The van der Waals surface area contributed by atoms with Gasteiger partial charge in [0.05, 0.1) is 6.10 Å². The Labute approximate surface area is 152 Å². The Morgan fingerprint density at radius 3 is 2.81 bits per heavy atom. The van der Waals surface area contributed by atoms with Gasteiger partial charge >= 0.3 is 6.03 Å². The third kappa shape index (κ3) is 4.78. The molecule has 0 aliphatic carbocycles. The van der Waals surface area contributed by atoms with Crippen LogP contribution in [-0.2, 0) is 9.53 Å². The zero-order valence-electron chi connectivity index (χ0n) is 15.1. The van der Waals surface area contributed by atoms with Crippen molar-refractivity contribution >= 4 is 17.6 Å². The van der Waals surface area contributed by atoms with Crippen molar-refractivity contribution in [2.45, 2.75) is 20.0 Å². The van der Waals surface area contributed by atoms with Crippen LogP contribution in [0, 0.1) is 5.92 Å². The highest BCUT2D eigenvalue weighted by molar-refractivity contribution is 5.89. The van der Waals surface area contributed by atoms with Crippen LogP contribution in [0.5, 0.6) is 11.5 Å². The van der Waals surface area contributed by atoms with Crippen molar-refractivity contribution in [1.29, 1.82) is 0 Å². The zero-order chi connectivity index (χ0) is 18.5. The van der Waals surface area contributed by atoms with Crippen molar-refractivity contribution in [1.82, 2.24) is 10.2 Å². The van der Waals surface area contributed by atoms with Crippen LogP contribution in [0.2, 0.25) is 0 Å². The van der Waals surface area contributed by atoms with Crippen LogP contribution < -0.4 is 20.1 Å². The Bertz CT molecular complexity index is 664. The normalized spacial score (nSPS) is 19.4. The summed E-state index contributed by atoms with van der Waals surface area (Å²) in [5.41, 5.74) is 0.618. The minimum Gasteiger partial charge on any atom is -0.486 e. The molecule has 3 amide bonds. The highest BCUT2D eigenvalue weighted by Crippen LogP contribution is 2.32. The van der Waals surface area contributed by atoms with Crippen LogP contribution >= 0.6 is 0 Å². The van der Waals surface area contributed by atoms with Crippen molar-refractivity contribution in [3.8, 4) is 11.5 Å². The summed E-state index contributed by atoms with van der Waals surface area (Å²) in [4.78, 5) is 25.8. The number of carbonyl (C=O) groups is 2. The maximum Gasteiger partial charge on any atom is 0.319 e. The molecule has 1 atom stereocenters. The van der Waals surface area contributed by atoms with Gasteiger partial charge < -0.3 is 29.7 Å². The standard InChI is InChI=1S/C18H25N3O5/c1-12(2)9-21-10-14(26-11-17(21)22)8-19-18(23)20-13-3-4-15-16(7-13)25-6-5-24-15/h3-4,7,12,14H,5-6,8-11H2,1-2H3,(H2,19,20,23). The smallest absolute Gasteiger partial charge is 0.319 e. The molecule has 0 saturated carbocycles. The average Bonchev–Trinajstić information content (AvgIpc) is 2.62. The van der Waals surface area contributed by atoms with Gasteiger partial charge in [0.15, 0.2) is 11.5 Å². The predicted molar refractivity (Wildman–Crippen MR) is 95.6 cm³/mol. The van der Waals surface area contributed by atoms with Gasteiger partial charge in [0, 0.05) is 31.4 Å². The molecule has 2 aliphatic rings. The van der Waals surface area contributed by atoms with E-state index in [0.717, 1.165) is 0 Å². The first-order valence-corrected chi connectivity index (χ1v) is 8.85. The molecule has 0 aromatic heterocycles. The van der Waals surface area contributed by atoms with Crippen LogP contribution in [0.25, 0.3) is 0 Å². The molecule has 1 unspecified atom stereocenters. The Balaban J connectivity index is 1.47. The van der Waals surface area contributed by atoms with E-state index in [2.05, 4.69) is 24.5 Å². The maximum absolute atomic E-state index is 12.1. The fourth-order valence-electron chi connectivity index (χ4n) is 2.92. The van der Waals surface area contributed by atoms with Gasteiger partial charge in [0.25, 0.3) is 0 Å². The Hall–Kier alpha value is -2.48. The molecule has 1 saturated heterocycles. The maximum atomic E-state index is 12.1. The second kappa shape index (κ2) is 8.27. The highest BCUT2D eigenvalue weighted by Gasteiger charge is 2.26. The molecule has 26 heavy (non-hydrogen) atoms. The lowest BCUT2D eigenvalue weighted by Gasteiger charge is -2.33. The summed E-state index contributed by atoms with van der Waals surface area (Å²) in [6.07, 6.45) is -0.211. The molecule has 142 valence electrons. The van der Waals surface area contributed by atoms with Crippen molar-refractivity contribution in [2.24, 2.45) is 5.92 Å². The fraction of sp³-hybridized carbons (Fsp3) is 0.556. The van der Waals surface area contributed by atoms with Crippen LogP contribution in [0.1, 0.15) is 13.8 Å². The Kier molecular flexibility index (Phi) is 5.82. The summed E-state index contributed by atoms with van der Waals surface area (Å²) < 4.78 is 16.5. The molecule has 1 fully saturated rings. The van der Waals surface area contributed by atoms with Gasteiger partial charge in [-0.25, -0.2) is 4.79 Å². The monoisotopic (exact) mass is 363 g/mol. The summed E-state index contributed by atoms with van der Waals surface area (Å²) in [5.74, 6) is 1.68. The molecule has 1 aromatic rings. The summed E-state index contributed by atoms with van der Waals surface area (Å²) in [6.45, 7) is 6.73. The second-order valence-electron chi connectivity index (χ2n) is 6.82. The Morgan fingerprint density at radius 1 is 1.27 bits per heavy atom. The largest absolute Gasteiger partial charge is 0.486 e. The van der Waals surface area contributed by atoms with Crippen molar-refractivity contribution in [2.75, 3.05) is 44.8 Å². The van der Waals surface area contributed by atoms with Crippen LogP contribution in [0.4, 0.5) is 10.5 Å². The van der Waals surface area contributed by atoms with Crippen LogP contribution in [0.3, 0.4) is 0 Å². The number of carbonyl (C=O) groups excluding carboxylic acids is 2. The topological polar surface area (TPSA) is 89.1 Å². The van der Waals surface area contributed by atoms with E-state index in [1.54, 1.807) is 23.1 Å². The molecule has 2 N–H and O–H groups in total. The highest BCUT2D eigenvalue weighted by atomic mass is 16.6. The van der Waals surface area contributed by atoms with Gasteiger partial charge in [-0.2, -0.15) is 0 Å². The summed E-state index contributed by atoms with van der Waals surface area (Å²) >= 11 is 0. The molecule has 8 heteroatoms. The average molecular weight is 363 g/mol. The van der Waals surface area contributed by atoms with E-state index >= 15 is 0 Å². The predicted octanol–water partition coefficient (Wildman–Crippen LogP) is 1.46. The number of hydrogen-bond acceptors (Lipinski definition) is 5. The lowest BCUT2D eigenvalue weighted by Crippen LogP contribution is -2.51. The molecule has 0 spiro atoms. The third-order valence-corrected chi connectivity index (χ3v) is 4.10. The van der Waals surface area contributed by atoms with Gasteiger partial charge in [-0.15, -0.1) is 0 Å². The number of fused-ring (bicyclic) bond motifs is 1. The number of amides is 3. The minimum absolute atomic E-state index is 0.00400. The molecular weight excluding hydrogens is 338 g/mol. The van der Waals surface area contributed by atoms with Crippen LogP contribution in [-0.4, -0.2) is 62.4 Å². The van der Waals surface area contributed by atoms with Crippen molar-refractivity contribution < 1.29 is 23.8 Å². The first-order valence-electron chi connectivity index (χ1n) is 8.85. The SMILES string of the molecule is CC(C)CN1CC(CNC(=O)Nc2ccc3c(c2)OCCO3)OCC1=O. The van der Waals surface area contributed by atoms with Gasteiger partial charge in [0.2, 0.25) is 5.91 Å². The molecule has 2 heterocycles. The number of nitrogens with one attached hydrogen (secondary N) is 2. The summed E-state index contributed by atoms with van der Waals surface area (Å²) in [5, 5.41) is 5.55. The quantitative estimate of drug-likeness (QED) is 0.827. The third-order valence-electron chi connectivity index (χ3n) is 4.10. The van der Waals surface area contributed by atoms with E-state index in [1.165, 1.54) is 0 Å². The fourth-order valence-corrected chi connectivity index (χ4v) is 2.92. The van der Waals surface area contributed by atoms with Gasteiger partial charge in [-0.1, -0.05) is 13.8 Å². The summed E-state index contributed by atoms with van der Waals surface area (Å²) in [6, 6.07) is 4.92. The van der Waals surface area contributed by atoms with E-state index in [-0.39, 0.29) is 24.6 Å². The molecule has 0 bridgehead atoms. The molecular formula is C18H25N3O5. The van der Waals surface area contributed by atoms with E-state index in [4.69, 9.17) is 14.2 Å². The van der Waals surface area contributed by atoms with E-state index in [9.17, 15) is 9.59 Å². The van der Waals surface area contributed by atoms with Gasteiger partial charge in [0.1, 0.15) is 19.8 Å². The van der Waals surface area contributed by atoms with Gasteiger partial charge in [-0.3, -0.25) is 4.79 Å². The van der Waals surface area contributed by atoms with E-state index in [0.29, 0.717) is 56.0 Å². The minimum atomic E-state index is -0.336. The number of benzene rings is 1. The molecule has 3 rings (SSSR count). The molecule has 2 aliphatic heterocycles. The number of hydrogen-bond donors (Lipinski definition) is 2. The van der Waals surface area contributed by atoms with E-state index < -0.39 is 0 Å². The molecule has 8 nitrogen and oxygen atoms in total. The molecule has 0 radical (unpaired) electrons. The van der Waals surface area contributed by atoms with Crippen LogP contribution in [0.15, 0.2) is 18.2 Å². The van der Waals surface area contributed by atoms with Crippen molar-refractivity contribution in [3.63, 3.8) is 0 Å². The number of ether oxygens (including phenoxy) is 3. The van der Waals surface area contributed by atoms with Gasteiger partial charge in [-0.05, 0) is 18.1 Å².